The van der Waals surface area contributed by atoms with Crippen molar-refractivity contribution in [3.63, 3.8) is 0 Å². The van der Waals surface area contributed by atoms with E-state index in [1.807, 2.05) is 31.2 Å². The van der Waals surface area contributed by atoms with Crippen LogP contribution in [0.2, 0.25) is 0 Å². The molecule has 2 aromatic rings. The summed E-state index contributed by atoms with van der Waals surface area (Å²) in [6.45, 7) is 4.10. The van der Waals surface area contributed by atoms with Crippen molar-refractivity contribution >= 4 is 23.2 Å². The summed E-state index contributed by atoms with van der Waals surface area (Å²) in [6, 6.07) is 7.85. The van der Waals surface area contributed by atoms with E-state index in [1.165, 1.54) is 0 Å². The molecule has 1 aromatic heterocycles. The zero-order valence-electron chi connectivity index (χ0n) is 10.3. The van der Waals surface area contributed by atoms with Gasteiger partial charge < -0.3 is 10.5 Å². The molecular weight excluding hydrogens is 248 g/mol. The maximum Gasteiger partial charge on any atom is 0.352 e. The van der Waals surface area contributed by atoms with Crippen molar-refractivity contribution in [2.24, 2.45) is 0 Å². The van der Waals surface area contributed by atoms with Crippen molar-refractivity contribution in [3.8, 4) is 11.3 Å². The molecule has 0 unspecified atom stereocenters. The average molecular weight is 262 g/mol. The lowest BCUT2D eigenvalue weighted by Gasteiger charge is -2.01. The van der Waals surface area contributed by atoms with Gasteiger partial charge in [0.25, 0.3) is 0 Å². The molecule has 0 spiro atoms. The standard InChI is InChI=1S/C13H14N2O2S/c1-3-17-13(16)12-10(14)11(15-18-12)9-6-4-8(2)5-7-9/h4-7H,3,14H2,1-2H3. The number of nitrogens with zero attached hydrogens (tertiary/aromatic N) is 1. The molecule has 0 bridgehead atoms. The minimum atomic E-state index is -0.411. The lowest BCUT2D eigenvalue weighted by molar-refractivity contribution is 0.0533. The highest BCUT2D eigenvalue weighted by atomic mass is 32.1. The van der Waals surface area contributed by atoms with E-state index >= 15 is 0 Å². The highest BCUT2D eigenvalue weighted by Crippen LogP contribution is 2.31. The lowest BCUT2D eigenvalue weighted by Crippen LogP contribution is -2.05. The Kier molecular flexibility index (Phi) is 3.62. The van der Waals surface area contributed by atoms with Gasteiger partial charge in [0.1, 0.15) is 5.69 Å². The van der Waals surface area contributed by atoms with E-state index in [1.54, 1.807) is 6.92 Å². The molecule has 2 N–H and O–H groups in total. The van der Waals surface area contributed by atoms with E-state index in [9.17, 15) is 4.79 Å². The maximum atomic E-state index is 11.6. The van der Waals surface area contributed by atoms with Gasteiger partial charge >= 0.3 is 5.97 Å². The van der Waals surface area contributed by atoms with Crippen LogP contribution in [0.4, 0.5) is 5.69 Å². The summed E-state index contributed by atoms with van der Waals surface area (Å²) >= 11 is 1.07. The Bertz CT molecular complexity index is 561. The highest BCUT2D eigenvalue weighted by Gasteiger charge is 2.19. The second-order valence-corrected chi connectivity index (χ2v) is 4.63. The van der Waals surface area contributed by atoms with Gasteiger partial charge in [-0.25, -0.2) is 4.79 Å². The number of hydrogen-bond donors (Lipinski definition) is 1. The Labute approximate surface area is 110 Å². The van der Waals surface area contributed by atoms with Crippen LogP contribution in [0.3, 0.4) is 0 Å². The fourth-order valence-electron chi connectivity index (χ4n) is 1.56. The largest absolute Gasteiger partial charge is 0.462 e. The fraction of sp³-hybridized carbons (Fsp3) is 0.231. The molecule has 0 radical (unpaired) electrons. The van der Waals surface area contributed by atoms with Crippen molar-refractivity contribution in [2.45, 2.75) is 13.8 Å². The zero-order chi connectivity index (χ0) is 13.1. The van der Waals surface area contributed by atoms with Crippen molar-refractivity contribution < 1.29 is 9.53 Å². The number of benzene rings is 1. The Hall–Kier alpha value is -1.88. The molecule has 2 rings (SSSR count). The number of esters is 1. The molecule has 0 aliphatic rings. The van der Waals surface area contributed by atoms with E-state index in [2.05, 4.69) is 4.37 Å². The third-order valence-corrected chi connectivity index (χ3v) is 3.36. The number of carbonyl (C=O) groups excluding carboxylic acids is 1. The summed E-state index contributed by atoms with van der Waals surface area (Å²) < 4.78 is 9.16. The minimum Gasteiger partial charge on any atom is -0.462 e. The van der Waals surface area contributed by atoms with Gasteiger partial charge in [0.05, 0.1) is 12.3 Å². The molecule has 0 fully saturated rings. The molecule has 1 heterocycles. The third-order valence-electron chi connectivity index (χ3n) is 2.51. The predicted octanol–water partition coefficient (Wildman–Crippen LogP) is 2.88. The molecule has 4 nitrogen and oxygen atoms in total. The van der Waals surface area contributed by atoms with E-state index in [0.717, 1.165) is 22.7 Å². The topological polar surface area (TPSA) is 65.2 Å². The van der Waals surface area contributed by atoms with Crippen LogP contribution in [0, 0.1) is 6.92 Å². The van der Waals surface area contributed by atoms with Gasteiger partial charge in [0, 0.05) is 5.56 Å². The van der Waals surface area contributed by atoms with Gasteiger partial charge in [-0.3, -0.25) is 0 Å². The second kappa shape index (κ2) is 5.18. The SMILES string of the molecule is CCOC(=O)c1snc(-c2ccc(C)cc2)c1N. The molecule has 5 heteroatoms. The van der Waals surface area contributed by atoms with Crippen molar-refractivity contribution in [2.75, 3.05) is 12.3 Å². The first-order chi connectivity index (χ1) is 8.63. The van der Waals surface area contributed by atoms with Gasteiger partial charge in [-0.2, -0.15) is 4.37 Å². The van der Waals surface area contributed by atoms with Crippen LogP contribution in [-0.2, 0) is 4.74 Å². The summed E-state index contributed by atoms with van der Waals surface area (Å²) in [7, 11) is 0. The summed E-state index contributed by atoms with van der Waals surface area (Å²) in [4.78, 5) is 12.0. The summed E-state index contributed by atoms with van der Waals surface area (Å²) in [5.74, 6) is -0.411. The number of anilines is 1. The zero-order valence-corrected chi connectivity index (χ0v) is 11.1. The number of rotatable bonds is 3. The Balaban J connectivity index is 2.36. The maximum absolute atomic E-state index is 11.6. The minimum absolute atomic E-state index is 0.329. The molecule has 0 atom stereocenters. The number of nitrogen functional groups attached to an aromatic ring is 1. The summed E-state index contributed by atoms with van der Waals surface area (Å²) in [6.07, 6.45) is 0. The fourth-order valence-corrected chi connectivity index (χ4v) is 2.28. The summed E-state index contributed by atoms with van der Waals surface area (Å²) in [5, 5.41) is 0. The Morgan fingerprint density at radius 3 is 2.67 bits per heavy atom. The molecule has 18 heavy (non-hydrogen) atoms. The number of nitrogens with two attached hydrogens (primary N) is 1. The van der Waals surface area contributed by atoms with Crippen molar-refractivity contribution in [3.05, 3.63) is 34.7 Å². The molecule has 1 aromatic carbocycles. The van der Waals surface area contributed by atoms with Crippen molar-refractivity contribution in [1.29, 1.82) is 0 Å². The third kappa shape index (κ3) is 2.36. The molecule has 0 saturated heterocycles. The number of hydrogen-bond acceptors (Lipinski definition) is 5. The summed E-state index contributed by atoms with van der Waals surface area (Å²) in [5.41, 5.74) is 9.06. The van der Waals surface area contributed by atoms with E-state index in [0.29, 0.717) is 22.9 Å². The van der Waals surface area contributed by atoms with E-state index in [-0.39, 0.29) is 0 Å². The van der Waals surface area contributed by atoms with Crippen LogP contribution in [0.15, 0.2) is 24.3 Å². The first kappa shape index (κ1) is 12.6. The van der Waals surface area contributed by atoms with Gasteiger partial charge in [0.2, 0.25) is 0 Å². The average Bonchev–Trinajstić information content (AvgIpc) is 2.73. The monoisotopic (exact) mass is 262 g/mol. The van der Waals surface area contributed by atoms with Gasteiger partial charge in [-0.1, -0.05) is 29.8 Å². The molecule has 94 valence electrons. The van der Waals surface area contributed by atoms with Crippen LogP contribution in [0.25, 0.3) is 11.3 Å². The lowest BCUT2D eigenvalue weighted by atomic mass is 10.1. The molecule has 0 saturated carbocycles. The van der Waals surface area contributed by atoms with E-state index in [4.69, 9.17) is 10.5 Å². The molecule has 0 aliphatic carbocycles. The smallest absolute Gasteiger partial charge is 0.352 e. The number of carbonyl (C=O) groups is 1. The number of aryl methyl sites for hydroxylation is 1. The first-order valence-corrected chi connectivity index (χ1v) is 6.40. The quantitative estimate of drug-likeness (QED) is 0.864. The van der Waals surface area contributed by atoms with Gasteiger partial charge in [-0.15, -0.1) is 0 Å². The highest BCUT2D eigenvalue weighted by molar-refractivity contribution is 7.09. The normalized spacial score (nSPS) is 10.3. The number of aromatic nitrogens is 1. The van der Waals surface area contributed by atoms with E-state index < -0.39 is 5.97 Å². The molecule has 0 amide bonds. The Morgan fingerprint density at radius 1 is 1.39 bits per heavy atom. The van der Waals surface area contributed by atoms with Crippen LogP contribution in [-0.4, -0.2) is 16.9 Å². The van der Waals surface area contributed by atoms with Crippen molar-refractivity contribution in [1.82, 2.24) is 4.37 Å². The van der Waals surface area contributed by atoms with Gasteiger partial charge in [0.15, 0.2) is 4.88 Å². The molecular formula is C13H14N2O2S. The molecule has 0 aliphatic heterocycles. The number of ether oxygens (including phenoxy) is 1. The van der Waals surface area contributed by atoms with Crippen LogP contribution in [0.1, 0.15) is 22.2 Å². The van der Waals surface area contributed by atoms with Crippen LogP contribution in [0.5, 0.6) is 0 Å². The van der Waals surface area contributed by atoms with Crippen LogP contribution >= 0.6 is 11.5 Å². The van der Waals surface area contributed by atoms with Crippen LogP contribution < -0.4 is 5.73 Å². The second-order valence-electron chi connectivity index (χ2n) is 3.86. The predicted molar refractivity (Wildman–Crippen MR) is 72.7 cm³/mol. The Morgan fingerprint density at radius 2 is 2.06 bits per heavy atom. The van der Waals surface area contributed by atoms with Gasteiger partial charge in [-0.05, 0) is 25.4 Å². The first-order valence-electron chi connectivity index (χ1n) is 5.62.